The Kier molecular flexibility index (Phi) is 5.86. The summed E-state index contributed by atoms with van der Waals surface area (Å²) in [5.74, 6) is 3.02. The summed E-state index contributed by atoms with van der Waals surface area (Å²) in [6, 6.07) is 0.0431. The lowest BCUT2D eigenvalue weighted by molar-refractivity contribution is 0.163. The average molecular weight is 232 g/mol. The van der Waals surface area contributed by atoms with Gasteiger partial charge in [0, 0.05) is 13.7 Å². The molecule has 1 rings (SSSR count). The Labute approximate surface area is 95.5 Å². The van der Waals surface area contributed by atoms with Crippen molar-refractivity contribution < 1.29 is 9.53 Å². The van der Waals surface area contributed by atoms with E-state index in [1.54, 1.807) is 7.11 Å². The zero-order valence-corrected chi connectivity index (χ0v) is 10.2. The molecule has 0 aromatic carbocycles. The Balaban J connectivity index is 2.09. The molecule has 1 fully saturated rings. The molecule has 1 aliphatic rings. The van der Waals surface area contributed by atoms with Crippen LogP contribution in [0, 0.1) is 5.92 Å². The van der Waals surface area contributed by atoms with Crippen molar-refractivity contribution in [2.24, 2.45) is 5.92 Å². The highest BCUT2D eigenvalue weighted by atomic mass is 32.2. The first-order valence-corrected chi connectivity index (χ1v) is 6.52. The second-order valence-electron chi connectivity index (χ2n) is 3.82. The molecule has 2 N–H and O–H groups in total. The second-order valence-corrected chi connectivity index (χ2v) is 4.89. The number of ether oxygens (including phenoxy) is 1. The van der Waals surface area contributed by atoms with Crippen LogP contribution in [0.15, 0.2) is 0 Å². The standard InChI is InChI=1S/C10H20N2O2S/c1-3-9(5-14-2)12-10(13)11-4-8-6-15-7-8/h8-9H,3-7H2,1-2H3,(H2,11,12,13)/t9-/m0/s1. The van der Waals surface area contributed by atoms with Crippen LogP contribution < -0.4 is 10.6 Å². The minimum absolute atomic E-state index is 0.0733. The van der Waals surface area contributed by atoms with E-state index in [9.17, 15) is 4.79 Å². The minimum atomic E-state index is -0.0733. The van der Waals surface area contributed by atoms with Gasteiger partial charge < -0.3 is 15.4 Å². The lowest BCUT2D eigenvalue weighted by Gasteiger charge is -2.25. The monoisotopic (exact) mass is 232 g/mol. The third-order valence-electron chi connectivity index (χ3n) is 2.45. The number of carbonyl (C=O) groups is 1. The van der Waals surface area contributed by atoms with E-state index in [1.807, 2.05) is 18.7 Å². The number of urea groups is 1. The van der Waals surface area contributed by atoms with Gasteiger partial charge in [0.05, 0.1) is 12.6 Å². The van der Waals surface area contributed by atoms with Gasteiger partial charge in [0.25, 0.3) is 0 Å². The highest BCUT2D eigenvalue weighted by Crippen LogP contribution is 2.23. The van der Waals surface area contributed by atoms with E-state index in [4.69, 9.17) is 4.74 Å². The summed E-state index contributed by atoms with van der Waals surface area (Å²) < 4.78 is 5.01. The summed E-state index contributed by atoms with van der Waals surface area (Å²) in [6.45, 7) is 3.40. The Morgan fingerprint density at radius 2 is 2.33 bits per heavy atom. The molecule has 15 heavy (non-hydrogen) atoms. The van der Waals surface area contributed by atoms with Gasteiger partial charge in [-0.25, -0.2) is 4.79 Å². The molecule has 0 unspecified atom stereocenters. The number of rotatable bonds is 6. The number of hydrogen-bond acceptors (Lipinski definition) is 3. The summed E-state index contributed by atoms with van der Waals surface area (Å²) >= 11 is 1.93. The molecule has 88 valence electrons. The Morgan fingerprint density at radius 3 is 2.80 bits per heavy atom. The minimum Gasteiger partial charge on any atom is -0.383 e. The summed E-state index contributed by atoms with van der Waals surface area (Å²) in [4.78, 5) is 11.4. The normalized spacial score (nSPS) is 18.0. The van der Waals surface area contributed by atoms with Crippen molar-refractivity contribution in [3.63, 3.8) is 0 Å². The summed E-state index contributed by atoms with van der Waals surface area (Å²) in [7, 11) is 1.65. The second kappa shape index (κ2) is 6.95. The molecule has 0 aromatic heterocycles. The molecule has 1 heterocycles. The van der Waals surface area contributed by atoms with E-state index in [1.165, 1.54) is 11.5 Å². The number of carbonyl (C=O) groups excluding carboxylic acids is 1. The third kappa shape index (κ3) is 4.75. The lowest BCUT2D eigenvalue weighted by atomic mass is 10.2. The molecule has 1 aliphatic heterocycles. The topological polar surface area (TPSA) is 50.4 Å². The number of hydrogen-bond donors (Lipinski definition) is 2. The highest BCUT2D eigenvalue weighted by molar-refractivity contribution is 8.00. The summed E-state index contributed by atoms with van der Waals surface area (Å²) in [5, 5.41) is 5.78. The molecule has 1 atom stereocenters. The summed E-state index contributed by atoms with van der Waals surface area (Å²) in [6.07, 6.45) is 0.889. The van der Waals surface area contributed by atoms with Gasteiger partial charge in [-0.1, -0.05) is 6.92 Å². The van der Waals surface area contributed by atoms with Crippen molar-refractivity contribution in [2.75, 3.05) is 31.8 Å². The molecule has 0 aliphatic carbocycles. The van der Waals surface area contributed by atoms with Gasteiger partial charge in [0.2, 0.25) is 0 Å². The SMILES string of the molecule is CC[C@@H](COC)NC(=O)NCC1CSC1. The van der Waals surface area contributed by atoms with E-state index < -0.39 is 0 Å². The molecule has 5 heteroatoms. The van der Waals surface area contributed by atoms with E-state index in [0.29, 0.717) is 12.5 Å². The molecule has 0 saturated carbocycles. The maximum Gasteiger partial charge on any atom is 0.315 e. The first-order valence-electron chi connectivity index (χ1n) is 5.37. The number of thioether (sulfide) groups is 1. The van der Waals surface area contributed by atoms with E-state index in [0.717, 1.165) is 13.0 Å². The van der Waals surface area contributed by atoms with Crippen LogP contribution in [-0.2, 0) is 4.74 Å². The number of nitrogens with one attached hydrogen (secondary N) is 2. The molecule has 2 amide bonds. The van der Waals surface area contributed by atoms with Gasteiger partial charge in [0.15, 0.2) is 0 Å². The van der Waals surface area contributed by atoms with Crippen LogP contribution in [0.3, 0.4) is 0 Å². The Bertz CT molecular complexity index is 198. The van der Waals surface area contributed by atoms with Gasteiger partial charge >= 0.3 is 6.03 Å². The van der Waals surface area contributed by atoms with Crippen LogP contribution in [0.1, 0.15) is 13.3 Å². The zero-order valence-electron chi connectivity index (χ0n) is 9.41. The van der Waals surface area contributed by atoms with Crippen molar-refractivity contribution in [3.05, 3.63) is 0 Å². The zero-order chi connectivity index (χ0) is 11.1. The quantitative estimate of drug-likeness (QED) is 0.720. The maximum atomic E-state index is 11.4. The Morgan fingerprint density at radius 1 is 1.60 bits per heavy atom. The number of methoxy groups -OCH3 is 1. The maximum absolute atomic E-state index is 11.4. The molecular formula is C10H20N2O2S. The molecule has 0 spiro atoms. The Hall–Kier alpha value is -0.420. The van der Waals surface area contributed by atoms with Gasteiger partial charge in [-0.3, -0.25) is 0 Å². The molecule has 0 bridgehead atoms. The van der Waals surface area contributed by atoms with Gasteiger partial charge in [-0.2, -0.15) is 11.8 Å². The highest BCUT2D eigenvalue weighted by Gasteiger charge is 2.19. The van der Waals surface area contributed by atoms with E-state index in [-0.39, 0.29) is 12.1 Å². The number of amides is 2. The van der Waals surface area contributed by atoms with Crippen LogP contribution in [0.5, 0.6) is 0 Å². The van der Waals surface area contributed by atoms with Crippen LogP contribution >= 0.6 is 11.8 Å². The fourth-order valence-electron chi connectivity index (χ4n) is 1.34. The molecule has 4 nitrogen and oxygen atoms in total. The third-order valence-corrected chi connectivity index (χ3v) is 3.87. The largest absolute Gasteiger partial charge is 0.383 e. The molecule has 0 radical (unpaired) electrons. The molecule has 1 saturated heterocycles. The van der Waals surface area contributed by atoms with Crippen LogP contribution in [-0.4, -0.2) is 43.8 Å². The molecular weight excluding hydrogens is 212 g/mol. The first kappa shape index (κ1) is 12.6. The van der Waals surface area contributed by atoms with E-state index in [2.05, 4.69) is 10.6 Å². The fraction of sp³-hybridized carbons (Fsp3) is 0.900. The predicted molar refractivity (Wildman–Crippen MR) is 63.3 cm³/mol. The van der Waals surface area contributed by atoms with Gasteiger partial charge in [-0.05, 0) is 23.8 Å². The average Bonchev–Trinajstić information content (AvgIpc) is 2.14. The van der Waals surface area contributed by atoms with Crippen LogP contribution in [0.4, 0.5) is 4.79 Å². The van der Waals surface area contributed by atoms with Gasteiger partial charge in [0.1, 0.15) is 0 Å². The summed E-state index contributed by atoms with van der Waals surface area (Å²) in [5.41, 5.74) is 0. The van der Waals surface area contributed by atoms with Crippen molar-refractivity contribution in [2.45, 2.75) is 19.4 Å². The van der Waals surface area contributed by atoms with Gasteiger partial charge in [-0.15, -0.1) is 0 Å². The smallest absolute Gasteiger partial charge is 0.315 e. The van der Waals surface area contributed by atoms with E-state index >= 15 is 0 Å². The lowest BCUT2D eigenvalue weighted by Crippen LogP contribution is -2.46. The fourth-order valence-corrected chi connectivity index (χ4v) is 2.14. The predicted octanol–water partition coefficient (Wildman–Crippen LogP) is 1.07. The van der Waals surface area contributed by atoms with Crippen molar-refractivity contribution in [1.29, 1.82) is 0 Å². The van der Waals surface area contributed by atoms with Crippen LogP contribution in [0.25, 0.3) is 0 Å². The van der Waals surface area contributed by atoms with Crippen molar-refractivity contribution in [3.8, 4) is 0 Å². The first-order chi connectivity index (χ1) is 7.26. The molecule has 0 aromatic rings. The van der Waals surface area contributed by atoms with Crippen LogP contribution in [0.2, 0.25) is 0 Å². The van der Waals surface area contributed by atoms with Crippen molar-refractivity contribution >= 4 is 17.8 Å². The van der Waals surface area contributed by atoms with Crippen molar-refractivity contribution in [1.82, 2.24) is 10.6 Å².